The minimum Gasteiger partial charge on any atom is -0.369 e. The Hall–Kier alpha value is -1.21. The number of nitrogens with one attached hydrogen (secondary N) is 1. The van der Waals surface area contributed by atoms with E-state index in [0.717, 1.165) is 47.7 Å². The van der Waals surface area contributed by atoms with Crippen molar-refractivity contribution in [1.82, 2.24) is 9.97 Å². The van der Waals surface area contributed by atoms with Crippen LogP contribution in [0.1, 0.15) is 25.6 Å². The smallest absolute Gasteiger partial charge is 0.150 e. The number of rotatable bonds is 4. The van der Waals surface area contributed by atoms with Crippen LogP contribution in [-0.4, -0.2) is 36.4 Å². The summed E-state index contributed by atoms with van der Waals surface area (Å²) in [6, 6.07) is 2.03. The molecule has 1 saturated heterocycles. The predicted molar refractivity (Wildman–Crippen MR) is 86.7 cm³/mol. The molecule has 1 aliphatic rings. The van der Waals surface area contributed by atoms with Gasteiger partial charge in [0.25, 0.3) is 0 Å². The summed E-state index contributed by atoms with van der Waals surface area (Å²) in [4.78, 5) is 10.1. The number of thiophene rings is 1. The number of aryl methyl sites for hydroxylation is 1. The first kappa shape index (κ1) is 14.7. The molecule has 2 aromatic heterocycles. The van der Waals surface area contributed by atoms with Gasteiger partial charge in [-0.05, 0) is 30.2 Å². The van der Waals surface area contributed by atoms with Gasteiger partial charge in [0.1, 0.15) is 26.3 Å². The van der Waals surface area contributed by atoms with E-state index in [9.17, 15) is 8.42 Å². The molecule has 3 rings (SSSR count). The largest absolute Gasteiger partial charge is 0.369 e. The minimum atomic E-state index is -2.79. The maximum absolute atomic E-state index is 11.5. The van der Waals surface area contributed by atoms with Gasteiger partial charge >= 0.3 is 0 Å². The third kappa shape index (κ3) is 3.35. The van der Waals surface area contributed by atoms with Crippen LogP contribution in [0.3, 0.4) is 0 Å². The molecule has 0 bridgehead atoms. The van der Waals surface area contributed by atoms with E-state index in [1.165, 1.54) is 0 Å². The zero-order valence-corrected chi connectivity index (χ0v) is 13.6. The lowest BCUT2D eigenvalue weighted by molar-refractivity contribution is 0.484. The van der Waals surface area contributed by atoms with Crippen LogP contribution in [0.15, 0.2) is 11.4 Å². The second-order valence-electron chi connectivity index (χ2n) is 5.46. The molecule has 3 heterocycles. The normalized spacial score (nSPS) is 18.9. The van der Waals surface area contributed by atoms with Gasteiger partial charge < -0.3 is 5.32 Å². The molecule has 0 radical (unpaired) electrons. The summed E-state index contributed by atoms with van der Waals surface area (Å²) in [7, 11) is -2.79. The monoisotopic (exact) mass is 325 g/mol. The van der Waals surface area contributed by atoms with Gasteiger partial charge in [-0.3, -0.25) is 0 Å². The fraction of sp³-hybridized carbons (Fsp3) is 0.571. The molecule has 0 spiro atoms. The number of hydrogen-bond donors (Lipinski definition) is 1. The van der Waals surface area contributed by atoms with E-state index in [-0.39, 0.29) is 0 Å². The molecule has 1 fully saturated rings. The number of sulfone groups is 1. The van der Waals surface area contributed by atoms with Crippen LogP contribution in [0.2, 0.25) is 0 Å². The predicted octanol–water partition coefficient (Wildman–Crippen LogP) is 2.49. The van der Waals surface area contributed by atoms with E-state index in [2.05, 4.69) is 15.3 Å². The molecule has 21 heavy (non-hydrogen) atoms. The molecule has 114 valence electrons. The topological polar surface area (TPSA) is 72.0 Å². The Labute approximate surface area is 128 Å². The van der Waals surface area contributed by atoms with Crippen LogP contribution in [0, 0.1) is 5.92 Å². The van der Waals surface area contributed by atoms with E-state index >= 15 is 0 Å². The Morgan fingerprint density at radius 3 is 2.81 bits per heavy atom. The van der Waals surface area contributed by atoms with E-state index in [0.29, 0.717) is 17.4 Å². The average molecular weight is 325 g/mol. The summed E-state index contributed by atoms with van der Waals surface area (Å²) in [5.41, 5.74) is 0. The summed E-state index contributed by atoms with van der Waals surface area (Å²) in [5, 5.41) is 6.49. The minimum absolute atomic E-state index is 0.317. The van der Waals surface area contributed by atoms with Gasteiger partial charge in [-0.15, -0.1) is 11.3 Å². The molecule has 0 saturated carbocycles. The van der Waals surface area contributed by atoms with Crippen molar-refractivity contribution in [3.63, 3.8) is 0 Å². The maximum atomic E-state index is 11.5. The van der Waals surface area contributed by atoms with Crippen LogP contribution < -0.4 is 5.32 Å². The van der Waals surface area contributed by atoms with E-state index in [1.54, 1.807) is 11.3 Å². The van der Waals surface area contributed by atoms with Crippen molar-refractivity contribution in [3.8, 4) is 0 Å². The molecule has 0 atom stereocenters. The molecule has 2 aromatic rings. The Morgan fingerprint density at radius 1 is 1.33 bits per heavy atom. The second kappa shape index (κ2) is 5.88. The summed E-state index contributed by atoms with van der Waals surface area (Å²) in [5.74, 6) is 2.77. The molecule has 1 N–H and O–H groups in total. The average Bonchev–Trinajstić information content (AvgIpc) is 2.94. The molecule has 5 nitrogen and oxygen atoms in total. The summed E-state index contributed by atoms with van der Waals surface area (Å²) in [6.07, 6.45) is 2.30. The molecule has 0 unspecified atom stereocenters. The Kier molecular flexibility index (Phi) is 4.12. The van der Waals surface area contributed by atoms with Crippen LogP contribution in [0.5, 0.6) is 0 Å². The van der Waals surface area contributed by atoms with Gasteiger partial charge in [0.2, 0.25) is 0 Å². The molecule has 0 amide bonds. The lowest BCUT2D eigenvalue weighted by Crippen LogP contribution is -2.27. The van der Waals surface area contributed by atoms with Crippen molar-refractivity contribution in [2.75, 3.05) is 23.4 Å². The molecule has 0 aliphatic carbocycles. The van der Waals surface area contributed by atoms with Gasteiger partial charge in [0.05, 0.1) is 16.9 Å². The third-order valence-electron chi connectivity index (χ3n) is 3.92. The number of nitrogens with zero attached hydrogens (tertiary/aromatic N) is 2. The first-order chi connectivity index (χ1) is 10.1. The van der Waals surface area contributed by atoms with Crippen molar-refractivity contribution >= 4 is 37.2 Å². The van der Waals surface area contributed by atoms with Crippen molar-refractivity contribution in [3.05, 3.63) is 17.3 Å². The van der Waals surface area contributed by atoms with Gasteiger partial charge in [0, 0.05) is 13.0 Å². The van der Waals surface area contributed by atoms with Crippen LogP contribution in [-0.2, 0) is 16.3 Å². The Balaban J connectivity index is 1.72. The van der Waals surface area contributed by atoms with Crippen LogP contribution in [0.25, 0.3) is 10.2 Å². The lowest BCUT2D eigenvalue weighted by Gasteiger charge is -2.22. The first-order valence-corrected chi connectivity index (χ1v) is 9.96. The standard InChI is InChI=1S/C14H19N3O2S2/c1-2-12-16-13(11-3-6-20-14(11)17-12)15-9-10-4-7-21(18,19)8-5-10/h3,6,10H,2,4-5,7-9H2,1H3,(H,15,16,17). The fourth-order valence-corrected chi connectivity index (χ4v) is 4.95. The molecular weight excluding hydrogens is 306 g/mol. The Morgan fingerprint density at radius 2 is 2.10 bits per heavy atom. The van der Waals surface area contributed by atoms with E-state index in [4.69, 9.17) is 0 Å². The number of aromatic nitrogens is 2. The maximum Gasteiger partial charge on any atom is 0.150 e. The molecule has 0 aromatic carbocycles. The van der Waals surface area contributed by atoms with Crippen molar-refractivity contribution in [2.45, 2.75) is 26.2 Å². The number of anilines is 1. The van der Waals surface area contributed by atoms with Gasteiger partial charge in [-0.2, -0.15) is 0 Å². The summed E-state index contributed by atoms with van der Waals surface area (Å²) in [6.45, 7) is 2.82. The number of hydrogen-bond acceptors (Lipinski definition) is 6. The molecular formula is C14H19N3O2S2. The van der Waals surface area contributed by atoms with Crippen molar-refractivity contribution in [1.29, 1.82) is 0 Å². The zero-order chi connectivity index (χ0) is 14.9. The summed E-state index contributed by atoms with van der Waals surface area (Å²) >= 11 is 1.62. The van der Waals surface area contributed by atoms with Crippen LogP contribution >= 0.6 is 11.3 Å². The van der Waals surface area contributed by atoms with Gasteiger partial charge in [0.15, 0.2) is 0 Å². The highest BCUT2D eigenvalue weighted by Crippen LogP contribution is 2.26. The number of fused-ring (bicyclic) bond motifs is 1. The second-order valence-corrected chi connectivity index (χ2v) is 8.66. The van der Waals surface area contributed by atoms with Crippen LogP contribution in [0.4, 0.5) is 5.82 Å². The highest BCUT2D eigenvalue weighted by atomic mass is 32.2. The van der Waals surface area contributed by atoms with Crippen molar-refractivity contribution in [2.24, 2.45) is 5.92 Å². The summed E-state index contributed by atoms with van der Waals surface area (Å²) < 4.78 is 22.9. The highest BCUT2D eigenvalue weighted by molar-refractivity contribution is 7.91. The highest BCUT2D eigenvalue weighted by Gasteiger charge is 2.23. The zero-order valence-electron chi connectivity index (χ0n) is 12.0. The van der Waals surface area contributed by atoms with Gasteiger partial charge in [-0.1, -0.05) is 6.92 Å². The molecule has 7 heteroatoms. The SMILES string of the molecule is CCc1nc(NCC2CCS(=O)(=O)CC2)c2ccsc2n1. The third-order valence-corrected chi connectivity index (χ3v) is 6.44. The van der Waals surface area contributed by atoms with E-state index in [1.807, 2.05) is 18.4 Å². The first-order valence-electron chi connectivity index (χ1n) is 7.26. The van der Waals surface area contributed by atoms with E-state index < -0.39 is 9.84 Å². The Bertz CT molecular complexity index is 726. The fourth-order valence-electron chi connectivity index (χ4n) is 2.58. The quantitative estimate of drug-likeness (QED) is 0.935. The van der Waals surface area contributed by atoms with Crippen molar-refractivity contribution < 1.29 is 8.42 Å². The lowest BCUT2D eigenvalue weighted by atomic mass is 10.0. The molecule has 1 aliphatic heterocycles. The van der Waals surface area contributed by atoms with Gasteiger partial charge in [-0.25, -0.2) is 18.4 Å².